The predicted octanol–water partition coefficient (Wildman–Crippen LogP) is 8.62. The Bertz CT molecular complexity index is 1560. The van der Waals surface area contributed by atoms with Gasteiger partial charge in [0.2, 0.25) is 0 Å². The van der Waals surface area contributed by atoms with Crippen LogP contribution in [0.1, 0.15) is 0 Å². The molecule has 0 nitrogen and oxygen atoms in total. The van der Waals surface area contributed by atoms with Crippen molar-refractivity contribution < 1.29 is 0 Å². The number of benzene rings is 6. The third-order valence-corrected chi connectivity index (χ3v) is 6.10. The van der Waals surface area contributed by atoms with E-state index in [1.807, 2.05) is 18.2 Å². The molecule has 6 rings (SSSR count). The topological polar surface area (TPSA) is 0 Å². The molecule has 0 saturated carbocycles. The van der Waals surface area contributed by atoms with Crippen LogP contribution < -0.4 is 0 Å². The first-order valence-corrected chi connectivity index (χ1v) is 10.2. The number of halogens is 1. The Kier molecular flexibility index (Phi) is 3.62. The summed E-state index contributed by atoms with van der Waals surface area (Å²) in [5, 5.41) is 11.0. The standard InChI is InChI=1S/C28H17Cl/c29-22-8-5-7-20(16-22)26-17-21-15-14-19-13-12-18-6-1-2-9-23(18)27(19)28(21)25-11-4-3-10-24(25)26/h1-17H. The summed E-state index contributed by atoms with van der Waals surface area (Å²) < 4.78 is 0. The van der Waals surface area contributed by atoms with E-state index in [4.69, 9.17) is 11.6 Å². The quantitative estimate of drug-likeness (QED) is 0.247. The largest absolute Gasteiger partial charge is 0.0843 e. The van der Waals surface area contributed by atoms with E-state index in [0.29, 0.717) is 0 Å². The smallest absolute Gasteiger partial charge is 0.0412 e. The second kappa shape index (κ2) is 6.34. The Labute approximate surface area is 174 Å². The fourth-order valence-electron chi connectivity index (χ4n) is 4.59. The van der Waals surface area contributed by atoms with E-state index in [0.717, 1.165) is 10.6 Å². The Morgan fingerprint density at radius 1 is 0.448 bits per heavy atom. The molecule has 6 aromatic carbocycles. The lowest BCUT2D eigenvalue weighted by atomic mass is 9.89. The summed E-state index contributed by atoms with van der Waals surface area (Å²) in [6.07, 6.45) is 0. The molecular formula is C28H17Cl. The first-order valence-electron chi connectivity index (χ1n) is 9.81. The van der Waals surface area contributed by atoms with Crippen molar-refractivity contribution in [2.75, 3.05) is 0 Å². The van der Waals surface area contributed by atoms with Gasteiger partial charge < -0.3 is 0 Å². The SMILES string of the molecule is Clc1cccc(-c2cc3ccc4ccc5ccccc5c4c3c3ccccc23)c1. The van der Waals surface area contributed by atoms with Gasteiger partial charge in [0.05, 0.1) is 0 Å². The van der Waals surface area contributed by atoms with Gasteiger partial charge in [0.25, 0.3) is 0 Å². The lowest BCUT2D eigenvalue weighted by Crippen LogP contribution is -1.87. The van der Waals surface area contributed by atoms with E-state index in [-0.39, 0.29) is 0 Å². The van der Waals surface area contributed by atoms with E-state index in [1.165, 1.54) is 48.7 Å². The normalized spacial score (nSPS) is 11.6. The van der Waals surface area contributed by atoms with Crippen molar-refractivity contribution in [3.05, 3.63) is 108 Å². The van der Waals surface area contributed by atoms with E-state index >= 15 is 0 Å². The van der Waals surface area contributed by atoms with Crippen molar-refractivity contribution in [2.45, 2.75) is 0 Å². The maximum Gasteiger partial charge on any atom is 0.0412 e. The third-order valence-electron chi connectivity index (χ3n) is 5.86. The van der Waals surface area contributed by atoms with Crippen LogP contribution in [0.2, 0.25) is 5.02 Å². The highest BCUT2D eigenvalue weighted by molar-refractivity contribution is 6.31. The Morgan fingerprint density at radius 3 is 1.93 bits per heavy atom. The molecule has 6 aromatic rings. The summed E-state index contributed by atoms with van der Waals surface area (Å²) in [5.74, 6) is 0. The van der Waals surface area contributed by atoms with Crippen LogP contribution >= 0.6 is 11.6 Å². The molecule has 0 spiro atoms. The molecule has 0 atom stereocenters. The number of hydrogen-bond donors (Lipinski definition) is 0. The summed E-state index contributed by atoms with van der Waals surface area (Å²) in [5.41, 5.74) is 2.36. The van der Waals surface area contributed by atoms with Crippen molar-refractivity contribution in [3.63, 3.8) is 0 Å². The van der Waals surface area contributed by atoms with Crippen LogP contribution in [0, 0.1) is 0 Å². The van der Waals surface area contributed by atoms with Gasteiger partial charge in [-0.05, 0) is 72.4 Å². The number of fused-ring (bicyclic) bond motifs is 7. The second-order valence-electron chi connectivity index (χ2n) is 7.53. The van der Waals surface area contributed by atoms with Crippen LogP contribution in [-0.2, 0) is 0 Å². The van der Waals surface area contributed by atoms with Gasteiger partial charge in [-0.3, -0.25) is 0 Å². The molecule has 0 bridgehead atoms. The molecule has 0 aliphatic rings. The Hall–Kier alpha value is -3.35. The molecule has 0 N–H and O–H groups in total. The maximum absolute atomic E-state index is 6.31. The minimum Gasteiger partial charge on any atom is -0.0843 e. The molecule has 0 radical (unpaired) electrons. The molecule has 0 amide bonds. The molecule has 136 valence electrons. The van der Waals surface area contributed by atoms with Gasteiger partial charge in [-0.1, -0.05) is 96.5 Å². The van der Waals surface area contributed by atoms with Gasteiger partial charge in [-0.25, -0.2) is 0 Å². The Morgan fingerprint density at radius 2 is 1.10 bits per heavy atom. The fourth-order valence-corrected chi connectivity index (χ4v) is 4.78. The fraction of sp³-hybridized carbons (Fsp3) is 0. The Balaban J connectivity index is 1.86. The summed E-state index contributed by atoms with van der Waals surface area (Å²) in [6, 6.07) is 36.7. The molecule has 1 heteroatoms. The molecule has 0 saturated heterocycles. The van der Waals surface area contributed by atoms with Crippen LogP contribution in [0.15, 0.2) is 103 Å². The lowest BCUT2D eigenvalue weighted by molar-refractivity contribution is 1.67. The highest BCUT2D eigenvalue weighted by atomic mass is 35.5. The average Bonchev–Trinajstić information content (AvgIpc) is 2.78. The second-order valence-corrected chi connectivity index (χ2v) is 7.96. The highest BCUT2D eigenvalue weighted by Gasteiger charge is 2.12. The van der Waals surface area contributed by atoms with Crippen molar-refractivity contribution in [1.29, 1.82) is 0 Å². The highest BCUT2D eigenvalue weighted by Crippen LogP contribution is 2.40. The van der Waals surface area contributed by atoms with Gasteiger partial charge in [-0.15, -0.1) is 0 Å². The van der Waals surface area contributed by atoms with Crippen molar-refractivity contribution >= 4 is 54.7 Å². The molecule has 29 heavy (non-hydrogen) atoms. The molecule has 0 fully saturated rings. The van der Waals surface area contributed by atoms with Gasteiger partial charge in [0.15, 0.2) is 0 Å². The zero-order valence-corrected chi connectivity index (χ0v) is 16.4. The van der Waals surface area contributed by atoms with Gasteiger partial charge in [0.1, 0.15) is 0 Å². The zero-order valence-electron chi connectivity index (χ0n) is 15.7. The molecule has 0 aliphatic carbocycles. The summed E-state index contributed by atoms with van der Waals surface area (Å²) in [4.78, 5) is 0. The summed E-state index contributed by atoms with van der Waals surface area (Å²) >= 11 is 6.31. The average molecular weight is 389 g/mol. The van der Waals surface area contributed by atoms with Gasteiger partial charge in [-0.2, -0.15) is 0 Å². The van der Waals surface area contributed by atoms with Crippen molar-refractivity contribution in [2.24, 2.45) is 0 Å². The number of hydrogen-bond acceptors (Lipinski definition) is 0. The van der Waals surface area contributed by atoms with Crippen LogP contribution in [0.3, 0.4) is 0 Å². The van der Waals surface area contributed by atoms with Gasteiger partial charge >= 0.3 is 0 Å². The molecule has 0 aliphatic heterocycles. The zero-order chi connectivity index (χ0) is 19.4. The van der Waals surface area contributed by atoms with Crippen LogP contribution in [0.5, 0.6) is 0 Å². The minimum atomic E-state index is 0.760. The lowest BCUT2D eigenvalue weighted by Gasteiger charge is -2.14. The summed E-state index contributed by atoms with van der Waals surface area (Å²) in [6.45, 7) is 0. The first kappa shape index (κ1) is 16.6. The minimum absolute atomic E-state index is 0.760. The predicted molar refractivity (Wildman–Crippen MR) is 127 cm³/mol. The molecule has 0 aromatic heterocycles. The third kappa shape index (κ3) is 2.53. The number of rotatable bonds is 1. The van der Waals surface area contributed by atoms with Crippen molar-refractivity contribution in [1.82, 2.24) is 0 Å². The van der Waals surface area contributed by atoms with E-state index < -0.39 is 0 Å². The van der Waals surface area contributed by atoms with E-state index in [2.05, 4.69) is 84.9 Å². The van der Waals surface area contributed by atoms with Crippen molar-refractivity contribution in [3.8, 4) is 11.1 Å². The van der Waals surface area contributed by atoms with Crippen LogP contribution in [-0.4, -0.2) is 0 Å². The molecular weight excluding hydrogens is 372 g/mol. The molecule has 0 heterocycles. The maximum atomic E-state index is 6.31. The van der Waals surface area contributed by atoms with E-state index in [9.17, 15) is 0 Å². The molecule has 0 unspecified atom stereocenters. The van der Waals surface area contributed by atoms with Crippen LogP contribution in [0.25, 0.3) is 54.2 Å². The van der Waals surface area contributed by atoms with Gasteiger partial charge in [0, 0.05) is 5.02 Å². The monoisotopic (exact) mass is 388 g/mol. The van der Waals surface area contributed by atoms with Crippen LogP contribution in [0.4, 0.5) is 0 Å². The summed E-state index contributed by atoms with van der Waals surface area (Å²) in [7, 11) is 0. The van der Waals surface area contributed by atoms with E-state index in [1.54, 1.807) is 0 Å². The first-order chi connectivity index (χ1) is 14.3.